The zero-order chi connectivity index (χ0) is 10.7. The largest absolute Gasteiger partial charge is 0.483 e. The summed E-state index contributed by atoms with van der Waals surface area (Å²) >= 11 is 0. The number of nitrogens with two attached hydrogens (primary N) is 1. The third-order valence-electron chi connectivity index (χ3n) is 1.88. The molecule has 1 unspecified atom stereocenters. The summed E-state index contributed by atoms with van der Waals surface area (Å²) in [6, 6.07) is 4.42. The molecule has 1 aromatic rings. The summed E-state index contributed by atoms with van der Waals surface area (Å²) in [4.78, 5) is 0. The first-order chi connectivity index (χ1) is 6.50. The lowest BCUT2D eigenvalue weighted by atomic mass is 10.2. The molecule has 0 saturated carbocycles. The van der Waals surface area contributed by atoms with Gasteiger partial charge >= 0.3 is 0 Å². The maximum absolute atomic E-state index is 12.9. The summed E-state index contributed by atoms with van der Waals surface area (Å²) in [6.45, 7) is 3.32. The van der Waals surface area contributed by atoms with E-state index < -0.39 is 6.10 Å². The molecule has 1 rings (SSSR count). The topological polar surface area (TPSA) is 59.1 Å². The second-order valence-electron chi connectivity index (χ2n) is 3.13. The highest BCUT2D eigenvalue weighted by atomic mass is 19.1. The predicted octanol–water partition coefficient (Wildman–Crippen LogP) is 1.84. The molecule has 1 aromatic carbocycles. The Labute approximate surface area is 82.2 Å². The zero-order valence-corrected chi connectivity index (χ0v) is 8.17. The molecule has 76 valence electrons. The lowest BCUT2D eigenvalue weighted by molar-refractivity contribution is 0.284. The van der Waals surface area contributed by atoms with Crippen molar-refractivity contribution in [3.63, 3.8) is 0 Å². The van der Waals surface area contributed by atoms with Crippen molar-refractivity contribution in [1.82, 2.24) is 0 Å². The van der Waals surface area contributed by atoms with Gasteiger partial charge in [-0.2, -0.15) is 0 Å². The Hall–Kier alpha value is -1.58. The lowest BCUT2D eigenvalue weighted by Gasteiger charge is -2.13. The minimum Gasteiger partial charge on any atom is -0.483 e. The van der Waals surface area contributed by atoms with Crippen LogP contribution < -0.4 is 10.5 Å². The van der Waals surface area contributed by atoms with E-state index in [1.54, 1.807) is 19.9 Å². The SMILES string of the molecule is Cc1cc(OC(C)C(=N)N)ccc1F. The molecule has 3 N–H and O–H groups in total. The van der Waals surface area contributed by atoms with E-state index in [4.69, 9.17) is 15.9 Å². The van der Waals surface area contributed by atoms with Gasteiger partial charge in [0.15, 0.2) is 6.10 Å². The monoisotopic (exact) mass is 196 g/mol. The van der Waals surface area contributed by atoms with E-state index >= 15 is 0 Å². The predicted molar refractivity (Wildman–Crippen MR) is 53.1 cm³/mol. The molecule has 3 nitrogen and oxygen atoms in total. The molecular formula is C10H13FN2O. The lowest BCUT2D eigenvalue weighted by Crippen LogP contribution is -2.30. The number of nitrogens with one attached hydrogen (secondary N) is 1. The molecule has 0 aliphatic carbocycles. The van der Waals surface area contributed by atoms with Gasteiger partial charge in [-0.1, -0.05) is 0 Å². The molecule has 0 spiro atoms. The van der Waals surface area contributed by atoms with Crippen LogP contribution in [-0.4, -0.2) is 11.9 Å². The maximum atomic E-state index is 12.9. The van der Waals surface area contributed by atoms with Gasteiger partial charge in [0, 0.05) is 0 Å². The Morgan fingerprint density at radius 2 is 2.21 bits per heavy atom. The molecule has 0 heterocycles. The van der Waals surface area contributed by atoms with E-state index in [2.05, 4.69) is 0 Å². The molecule has 0 bridgehead atoms. The van der Waals surface area contributed by atoms with Crippen molar-refractivity contribution in [2.45, 2.75) is 20.0 Å². The molecule has 0 saturated heterocycles. The fourth-order valence-corrected chi connectivity index (χ4v) is 0.958. The Morgan fingerprint density at radius 3 is 2.71 bits per heavy atom. The van der Waals surface area contributed by atoms with Gasteiger partial charge in [-0.15, -0.1) is 0 Å². The van der Waals surface area contributed by atoms with Crippen LogP contribution in [-0.2, 0) is 0 Å². The van der Waals surface area contributed by atoms with Gasteiger partial charge in [0.05, 0.1) is 0 Å². The minimum absolute atomic E-state index is 0.0491. The molecule has 0 aliphatic rings. The van der Waals surface area contributed by atoms with Gasteiger partial charge in [-0.25, -0.2) is 4.39 Å². The highest BCUT2D eigenvalue weighted by Crippen LogP contribution is 2.16. The van der Waals surface area contributed by atoms with Crippen molar-refractivity contribution < 1.29 is 9.13 Å². The molecule has 0 radical (unpaired) electrons. The van der Waals surface area contributed by atoms with Gasteiger partial charge < -0.3 is 10.5 Å². The van der Waals surface area contributed by atoms with Crippen LogP contribution in [0, 0.1) is 18.2 Å². The molecule has 0 amide bonds. The number of benzene rings is 1. The Bertz CT molecular complexity index is 352. The Balaban J connectivity index is 2.78. The standard InChI is InChI=1S/C10H13FN2O/c1-6-5-8(3-4-9(6)11)14-7(2)10(12)13/h3-5,7H,1-2H3,(H3,12,13). The van der Waals surface area contributed by atoms with Crippen LogP contribution >= 0.6 is 0 Å². The van der Waals surface area contributed by atoms with Crippen LogP contribution in [0.4, 0.5) is 4.39 Å². The molecule has 14 heavy (non-hydrogen) atoms. The number of amidine groups is 1. The summed E-state index contributed by atoms with van der Waals surface area (Å²) in [6.07, 6.45) is -0.486. The van der Waals surface area contributed by atoms with Gasteiger partial charge in [-0.05, 0) is 37.6 Å². The number of ether oxygens (including phenoxy) is 1. The van der Waals surface area contributed by atoms with E-state index in [0.717, 1.165) is 0 Å². The molecule has 1 atom stereocenters. The molecular weight excluding hydrogens is 183 g/mol. The smallest absolute Gasteiger partial charge is 0.152 e. The minimum atomic E-state index is -0.486. The maximum Gasteiger partial charge on any atom is 0.152 e. The van der Waals surface area contributed by atoms with Crippen LogP contribution in [0.1, 0.15) is 12.5 Å². The molecule has 0 aliphatic heterocycles. The van der Waals surface area contributed by atoms with Gasteiger partial charge in [0.2, 0.25) is 0 Å². The van der Waals surface area contributed by atoms with E-state index in [1.165, 1.54) is 12.1 Å². The summed E-state index contributed by atoms with van der Waals surface area (Å²) in [5, 5.41) is 7.12. The number of aryl methyl sites for hydroxylation is 1. The number of hydrogen-bond acceptors (Lipinski definition) is 2. The summed E-state index contributed by atoms with van der Waals surface area (Å²) in [7, 11) is 0. The normalized spacial score (nSPS) is 12.2. The molecule has 4 heteroatoms. The van der Waals surface area contributed by atoms with Crippen molar-refractivity contribution in [3.8, 4) is 5.75 Å². The third kappa shape index (κ3) is 2.45. The number of hydrogen-bond donors (Lipinski definition) is 2. The van der Waals surface area contributed by atoms with Crippen molar-refractivity contribution in [1.29, 1.82) is 5.41 Å². The average molecular weight is 196 g/mol. The highest BCUT2D eigenvalue weighted by Gasteiger charge is 2.07. The third-order valence-corrected chi connectivity index (χ3v) is 1.88. The first-order valence-corrected chi connectivity index (χ1v) is 4.27. The van der Waals surface area contributed by atoms with Crippen LogP contribution in [0.15, 0.2) is 18.2 Å². The van der Waals surface area contributed by atoms with Crippen molar-refractivity contribution >= 4 is 5.84 Å². The highest BCUT2D eigenvalue weighted by molar-refractivity contribution is 5.81. The van der Waals surface area contributed by atoms with Crippen LogP contribution in [0.2, 0.25) is 0 Å². The zero-order valence-electron chi connectivity index (χ0n) is 8.17. The Kier molecular flexibility index (Phi) is 3.06. The molecule has 0 aromatic heterocycles. The van der Waals surface area contributed by atoms with Gasteiger partial charge in [-0.3, -0.25) is 5.41 Å². The van der Waals surface area contributed by atoms with E-state index in [0.29, 0.717) is 11.3 Å². The number of rotatable bonds is 3. The van der Waals surface area contributed by atoms with E-state index in [9.17, 15) is 4.39 Å². The average Bonchev–Trinajstić information content (AvgIpc) is 2.11. The van der Waals surface area contributed by atoms with Crippen LogP contribution in [0.3, 0.4) is 0 Å². The second-order valence-corrected chi connectivity index (χ2v) is 3.13. The summed E-state index contributed by atoms with van der Waals surface area (Å²) < 4.78 is 18.2. The first kappa shape index (κ1) is 10.5. The summed E-state index contributed by atoms with van der Waals surface area (Å²) in [5.74, 6) is 0.200. The number of halogens is 1. The van der Waals surface area contributed by atoms with Crippen LogP contribution in [0.25, 0.3) is 0 Å². The van der Waals surface area contributed by atoms with Crippen molar-refractivity contribution in [2.24, 2.45) is 5.73 Å². The van der Waals surface area contributed by atoms with E-state index in [1.807, 2.05) is 0 Å². The van der Waals surface area contributed by atoms with Gasteiger partial charge in [0.25, 0.3) is 0 Å². The Morgan fingerprint density at radius 1 is 1.57 bits per heavy atom. The summed E-state index contributed by atoms with van der Waals surface area (Å²) in [5.41, 5.74) is 5.75. The fourth-order valence-electron chi connectivity index (χ4n) is 0.958. The van der Waals surface area contributed by atoms with Crippen molar-refractivity contribution in [2.75, 3.05) is 0 Å². The molecule has 0 fully saturated rings. The van der Waals surface area contributed by atoms with E-state index in [-0.39, 0.29) is 11.7 Å². The quantitative estimate of drug-likeness (QED) is 0.572. The van der Waals surface area contributed by atoms with Crippen molar-refractivity contribution in [3.05, 3.63) is 29.6 Å². The fraction of sp³-hybridized carbons (Fsp3) is 0.300. The van der Waals surface area contributed by atoms with Gasteiger partial charge in [0.1, 0.15) is 17.4 Å². The second kappa shape index (κ2) is 4.09. The first-order valence-electron chi connectivity index (χ1n) is 4.27. The van der Waals surface area contributed by atoms with Crippen LogP contribution in [0.5, 0.6) is 5.75 Å².